The van der Waals surface area contributed by atoms with Gasteiger partial charge in [0.1, 0.15) is 11.6 Å². The predicted molar refractivity (Wildman–Crippen MR) is 80.9 cm³/mol. The molecule has 4 N–H and O–H groups in total. The normalized spacial score (nSPS) is 10.7. The Morgan fingerprint density at radius 2 is 2.05 bits per heavy atom. The van der Waals surface area contributed by atoms with E-state index in [2.05, 4.69) is 25.3 Å². The lowest BCUT2D eigenvalue weighted by Crippen LogP contribution is -2.15. The number of H-pyrrole nitrogens is 1. The summed E-state index contributed by atoms with van der Waals surface area (Å²) in [7, 11) is 0. The van der Waals surface area contributed by atoms with E-state index in [4.69, 9.17) is 5.73 Å². The summed E-state index contributed by atoms with van der Waals surface area (Å²) < 4.78 is 0. The van der Waals surface area contributed by atoms with Crippen LogP contribution in [0.5, 0.6) is 0 Å². The lowest BCUT2D eigenvalue weighted by Gasteiger charge is -2.06. The molecule has 0 saturated carbocycles. The van der Waals surface area contributed by atoms with Gasteiger partial charge in [-0.3, -0.25) is 4.79 Å². The van der Waals surface area contributed by atoms with Gasteiger partial charge < -0.3 is 16.0 Å². The minimum Gasteiger partial charge on any atom is -0.384 e. The second-order valence-corrected chi connectivity index (χ2v) is 4.64. The summed E-state index contributed by atoms with van der Waals surface area (Å²) in [5, 5.41) is 3.57. The minimum atomic E-state index is -0.165. The van der Waals surface area contributed by atoms with E-state index in [0.717, 1.165) is 5.69 Å². The average molecular weight is 282 g/mol. The summed E-state index contributed by atoms with van der Waals surface area (Å²) >= 11 is 0. The van der Waals surface area contributed by atoms with Crippen LogP contribution in [-0.2, 0) is 6.54 Å². The number of nitrogens with one attached hydrogen (secondary N) is 2. The first-order chi connectivity index (χ1) is 10.1. The van der Waals surface area contributed by atoms with Crippen LogP contribution >= 0.6 is 0 Å². The van der Waals surface area contributed by atoms with Crippen molar-refractivity contribution in [2.75, 3.05) is 11.1 Å². The number of anilines is 2. The molecule has 21 heavy (non-hydrogen) atoms. The van der Waals surface area contributed by atoms with Crippen molar-refractivity contribution < 1.29 is 0 Å². The zero-order chi connectivity index (χ0) is 14.8. The van der Waals surface area contributed by atoms with Crippen LogP contribution in [-0.4, -0.2) is 19.9 Å². The Balaban J connectivity index is 1.86. The summed E-state index contributed by atoms with van der Waals surface area (Å²) in [6.45, 7) is 2.14. The van der Waals surface area contributed by atoms with Crippen molar-refractivity contribution >= 4 is 22.7 Å². The van der Waals surface area contributed by atoms with Crippen LogP contribution in [0.15, 0.2) is 35.1 Å². The van der Waals surface area contributed by atoms with Gasteiger partial charge in [0.2, 0.25) is 5.95 Å². The van der Waals surface area contributed by atoms with Gasteiger partial charge in [0, 0.05) is 11.8 Å². The number of rotatable bonds is 3. The van der Waals surface area contributed by atoms with Gasteiger partial charge in [0.25, 0.3) is 5.56 Å². The summed E-state index contributed by atoms with van der Waals surface area (Å²) in [5.41, 5.74) is 6.92. The van der Waals surface area contributed by atoms with Gasteiger partial charge in [-0.2, -0.15) is 4.98 Å². The molecule has 0 aliphatic heterocycles. The molecule has 0 aliphatic carbocycles. The zero-order valence-electron chi connectivity index (χ0n) is 11.4. The fraction of sp³-hybridized carbons (Fsp3) is 0.143. The topological polar surface area (TPSA) is 110 Å². The van der Waals surface area contributed by atoms with Crippen LogP contribution < -0.4 is 16.6 Å². The quantitative estimate of drug-likeness (QED) is 0.666. The van der Waals surface area contributed by atoms with E-state index < -0.39 is 0 Å². The maximum Gasteiger partial charge on any atom is 0.258 e. The Labute approximate surface area is 120 Å². The maximum absolute atomic E-state index is 11.9. The van der Waals surface area contributed by atoms with Gasteiger partial charge in [0.05, 0.1) is 17.4 Å². The van der Waals surface area contributed by atoms with Gasteiger partial charge in [-0.25, -0.2) is 9.97 Å². The second kappa shape index (κ2) is 5.20. The Hall–Kier alpha value is -2.96. The van der Waals surface area contributed by atoms with E-state index in [0.29, 0.717) is 35.0 Å². The highest BCUT2D eigenvalue weighted by Crippen LogP contribution is 2.08. The Kier molecular flexibility index (Phi) is 3.23. The van der Waals surface area contributed by atoms with Crippen molar-refractivity contribution in [3.63, 3.8) is 0 Å². The molecular weight excluding hydrogens is 268 g/mol. The molecule has 0 saturated heterocycles. The van der Waals surface area contributed by atoms with Crippen LogP contribution in [0.2, 0.25) is 0 Å². The molecule has 7 nitrogen and oxygen atoms in total. The number of fused-ring (bicyclic) bond motifs is 1. The van der Waals surface area contributed by atoms with E-state index >= 15 is 0 Å². The fourth-order valence-corrected chi connectivity index (χ4v) is 2.05. The molecule has 0 atom stereocenters. The molecule has 2 heterocycles. The van der Waals surface area contributed by atoms with Crippen molar-refractivity contribution in [1.29, 1.82) is 0 Å². The number of nitrogens with zero attached hydrogens (tertiary/aromatic N) is 3. The molecular formula is C14H14N6O. The van der Waals surface area contributed by atoms with E-state index in [9.17, 15) is 4.79 Å². The van der Waals surface area contributed by atoms with Gasteiger partial charge in [0.15, 0.2) is 0 Å². The van der Waals surface area contributed by atoms with E-state index in [1.165, 1.54) is 0 Å². The van der Waals surface area contributed by atoms with Gasteiger partial charge in [-0.15, -0.1) is 0 Å². The molecule has 0 amide bonds. The maximum atomic E-state index is 11.9. The lowest BCUT2D eigenvalue weighted by molar-refractivity contribution is 0.929. The highest BCUT2D eigenvalue weighted by atomic mass is 16.1. The number of benzene rings is 1. The third-order valence-electron chi connectivity index (χ3n) is 2.95. The number of aryl methyl sites for hydroxylation is 1. The molecule has 0 unspecified atom stereocenters. The first kappa shape index (κ1) is 13.0. The molecule has 3 rings (SSSR count). The monoisotopic (exact) mass is 282 g/mol. The van der Waals surface area contributed by atoms with Crippen LogP contribution in [0.4, 0.5) is 11.8 Å². The largest absolute Gasteiger partial charge is 0.384 e. The van der Waals surface area contributed by atoms with Crippen LogP contribution in [0, 0.1) is 6.92 Å². The molecule has 0 bridgehead atoms. The first-order valence-electron chi connectivity index (χ1n) is 6.45. The third-order valence-corrected chi connectivity index (χ3v) is 2.95. The molecule has 0 radical (unpaired) electrons. The Morgan fingerprint density at radius 3 is 2.86 bits per heavy atom. The number of aromatic amines is 1. The molecule has 106 valence electrons. The van der Waals surface area contributed by atoms with Gasteiger partial charge >= 0.3 is 0 Å². The van der Waals surface area contributed by atoms with Crippen molar-refractivity contribution in [3.05, 3.63) is 52.2 Å². The molecule has 0 aliphatic rings. The zero-order valence-corrected chi connectivity index (χ0v) is 11.4. The predicted octanol–water partition coefficient (Wildman–Crippen LogP) is 1.22. The highest BCUT2D eigenvalue weighted by Gasteiger charge is 2.04. The van der Waals surface area contributed by atoms with Crippen molar-refractivity contribution in [2.45, 2.75) is 13.5 Å². The number of aromatic nitrogens is 4. The number of nitrogen functional groups attached to an aromatic ring is 1. The Morgan fingerprint density at radius 1 is 1.24 bits per heavy atom. The number of hydrogen-bond donors (Lipinski definition) is 3. The first-order valence-corrected chi connectivity index (χ1v) is 6.45. The minimum absolute atomic E-state index is 0.165. The molecule has 3 aromatic rings. The fourth-order valence-electron chi connectivity index (χ4n) is 2.05. The van der Waals surface area contributed by atoms with Crippen LogP contribution in [0.3, 0.4) is 0 Å². The molecule has 2 aromatic heterocycles. The van der Waals surface area contributed by atoms with Crippen molar-refractivity contribution in [2.24, 2.45) is 0 Å². The Bertz CT molecular complexity index is 837. The van der Waals surface area contributed by atoms with Crippen molar-refractivity contribution in [1.82, 2.24) is 19.9 Å². The SMILES string of the molecule is Cc1cc(N)nc(NCc2nc3ccccc3c(=O)[nH]2)n1. The summed E-state index contributed by atoms with van der Waals surface area (Å²) in [5.74, 6) is 1.32. The summed E-state index contributed by atoms with van der Waals surface area (Å²) in [6.07, 6.45) is 0. The summed E-state index contributed by atoms with van der Waals surface area (Å²) in [4.78, 5) is 27.4. The van der Waals surface area contributed by atoms with E-state index in [-0.39, 0.29) is 5.56 Å². The van der Waals surface area contributed by atoms with Crippen molar-refractivity contribution in [3.8, 4) is 0 Å². The smallest absolute Gasteiger partial charge is 0.258 e. The highest BCUT2D eigenvalue weighted by molar-refractivity contribution is 5.77. The number of para-hydroxylation sites is 1. The van der Waals surface area contributed by atoms with E-state index in [1.807, 2.05) is 13.0 Å². The molecule has 1 aromatic carbocycles. The second-order valence-electron chi connectivity index (χ2n) is 4.64. The number of hydrogen-bond acceptors (Lipinski definition) is 6. The number of nitrogens with two attached hydrogens (primary N) is 1. The third kappa shape index (κ3) is 2.81. The lowest BCUT2D eigenvalue weighted by atomic mass is 10.2. The van der Waals surface area contributed by atoms with Crippen LogP contribution in [0.1, 0.15) is 11.5 Å². The van der Waals surface area contributed by atoms with Gasteiger partial charge in [-0.05, 0) is 19.1 Å². The standard InChI is InChI=1S/C14H14N6O/c1-8-6-11(15)19-14(17-8)16-7-12-18-10-5-3-2-4-9(10)13(21)20-12/h2-6H,7H2,1H3,(H,18,20,21)(H3,15,16,17,19). The average Bonchev–Trinajstić information content (AvgIpc) is 2.44. The molecule has 0 spiro atoms. The molecule has 0 fully saturated rings. The molecule has 7 heteroatoms. The van der Waals surface area contributed by atoms with Gasteiger partial charge in [-0.1, -0.05) is 12.1 Å². The van der Waals surface area contributed by atoms with E-state index in [1.54, 1.807) is 24.3 Å². The summed E-state index contributed by atoms with van der Waals surface area (Å²) in [6, 6.07) is 8.87. The van der Waals surface area contributed by atoms with Crippen LogP contribution in [0.25, 0.3) is 10.9 Å².